The van der Waals surface area contributed by atoms with Crippen LogP contribution in [-0.2, 0) is 14.8 Å². The number of sulfonamides is 1. The molecule has 6 nitrogen and oxygen atoms in total. The second-order valence-electron chi connectivity index (χ2n) is 6.17. The van der Waals surface area contributed by atoms with Gasteiger partial charge in [-0.05, 0) is 49.9 Å². The Morgan fingerprint density at radius 2 is 1.74 bits per heavy atom. The highest BCUT2D eigenvalue weighted by molar-refractivity contribution is 7.89. The molecular formula is C16H23N3O3S. The number of amides is 1. The van der Waals surface area contributed by atoms with Gasteiger partial charge in [-0.15, -0.1) is 0 Å². The van der Waals surface area contributed by atoms with Gasteiger partial charge < -0.3 is 10.2 Å². The van der Waals surface area contributed by atoms with Crippen LogP contribution >= 0.6 is 0 Å². The van der Waals surface area contributed by atoms with Gasteiger partial charge in [0.05, 0.1) is 4.90 Å². The van der Waals surface area contributed by atoms with E-state index in [1.165, 1.54) is 0 Å². The Bertz CT molecular complexity index is 639. The molecule has 1 N–H and O–H groups in total. The summed E-state index contributed by atoms with van der Waals surface area (Å²) in [5.74, 6) is 0. The van der Waals surface area contributed by atoms with Crippen LogP contribution in [0.25, 0.3) is 0 Å². The Morgan fingerprint density at radius 1 is 1.04 bits per heavy atom. The van der Waals surface area contributed by atoms with E-state index in [4.69, 9.17) is 0 Å². The summed E-state index contributed by atoms with van der Waals surface area (Å²) >= 11 is 0. The van der Waals surface area contributed by atoms with E-state index >= 15 is 0 Å². The number of carbonyl (C=O) groups is 1. The highest BCUT2D eigenvalue weighted by atomic mass is 32.2. The first kappa shape index (κ1) is 16.3. The fourth-order valence-corrected chi connectivity index (χ4v) is 4.87. The smallest absolute Gasteiger partial charge is 0.243 e. The average molecular weight is 337 g/mol. The monoisotopic (exact) mass is 337 g/mol. The van der Waals surface area contributed by atoms with Gasteiger partial charge in [-0.2, -0.15) is 4.31 Å². The number of anilines is 1. The van der Waals surface area contributed by atoms with Crippen LogP contribution in [0.2, 0.25) is 0 Å². The third-order valence-corrected chi connectivity index (χ3v) is 6.54. The molecule has 1 aromatic carbocycles. The summed E-state index contributed by atoms with van der Waals surface area (Å²) in [7, 11) is -3.35. The Kier molecular flexibility index (Phi) is 4.87. The van der Waals surface area contributed by atoms with E-state index in [2.05, 4.69) is 10.2 Å². The zero-order chi connectivity index (χ0) is 16.3. The number of hydrogen-bond donors (Lipinski definition) is 1. The predicted octanol–water partition coefficient (Wildman–Crippen LogP) is 1.19. The van der Waals surface area contributed by atoms with Crippen molar-refractivity contribution in [1.82, 2.24) is 9.62 Å². The molecule has 2 fully saturated rings. The molecule has 2 heterocycles. The topological polar surface area (TPSA) is 69.7 Å². The van der Waals surface area contributed by atoms with Gasteiger partial charge in [-0.25, -0.2) is 8.42 Å². The largest absolute Gasteiger partial charge is 0.369 e. The minimum Gasteiger partial charge on any atom is -0.369 e. The van der Waals surface area contributed by atoms with Crippen molar-refractivity contribution in [1.29, 1.82) is 0 Å². The van der Waals surface area contributed by atoms with Crippen LogP contribution in [0.4, 0.5) is 5.69 Å². The molecule has 0 radical (unpaired) electrons. The number of rotatable bonds is 5. The minimum absolute atomic E-state index is 0.161. The van der Waals surface area contributed by atoms with Gasteiger partial charge in [0, 0.05) is 37.9 Å². The second-order valence-corrected chi connectivity index (χ2v) is 8.11. The summed E-state index contributed by atoms with van der Waals surface area (Å²) in [5.41, 5.74) is 1.00. The van der Waals surface area contributed by atoms with E-state index in [-0.39, 0.29) is 6.04 Å². The van der Waals surface area contributed by atoms with Crippen molar-refractivity contribution in [3.05, 3.63) is 24.3 Å². The maximum absolute atomic E-state index is 12.5. The summed E-state index contributed by atoms with van der Waals surface area (Å²) in [6.07, 6.45) is 4.63. The summed E-state index contributed by atoms with van der Waals surface area (Å²) in [4.78, 5) is 13.2. The van der Waals surface area contributed by atoms with E-state index in [1.54, 1.807) is 16.4 Å². The first-order valence-electron chi connectivity index (χ1n) is 8.16. The third-order valence-electron chi connectivity index (χ3n) is 4.63. The molecule has 2 aliphatic rings. The van der Waals surface area contributed by atoms with Crippen LogP contribution in [0.1, 0.15) is 25.7 Å². The van der Waals surface area contributed by atoms with Gasteiger partial charge in [-0.1, -0.05) is 0 Å². The molecule has 1 atom stereocenters. The number of benzene rings is 1. The number of hydrogen-bond acceptors (Lipinski definition) is 4. The standard InChI is InChI=1S/C16H23N3O3S/c20-13-17-14-4-3-9-18(12-14)15-5-7-16(8-6-15)23(21,22)19-10-1-2-11-19/h5-8,13-14H,1-4,9-12H2,(H,17,20). The lowest BCUT2D eigenvalue weighted by Crippen LogP contribution is -2.45. The third kappa shape index (κ3) is 3.50. The molecule has 0 saturated carbocycles. The molecule has 0 bridgehead atoms. The lowest BCUT2D eigenvalue weighted by atomic mass is 10.1. The summed E-state index contributed by atoms with van der Waals surface area (Å²) < 4.78 is 26.6. The normalized spacial score (nSPS) is 23.0. The van der Waals surface area contributed by atoms with Crippen molar-refractivity contribution >= 4 is 22.1 Å². The molecule has 0 aliphatic carbocycles. The van der Waals surface area contributed by atoms with Crippen molar-refractivity contribution in [2.75, 3.05) is 31.1 Å². The molecule has 2 saturated heterocycles. The predicted molar refractivity (Wildman–Crippen MR) is 88.9 cm³/mol. The van der Waals surface area contributed by atoms with E-state index in [9.17, 15) is 13.2 Å². The summed E-state index contributed by atoms with van der Waals surface area (Å²) in [6, 6.07) is 7.28. The Balaban J connectivity index is 1.73. The highest BCUT2D eigenvalue weighted by Crippen LogP contribution is 2.25. The van der Waals surface area contributed by atoms with Crippen molar-refractivity contribution in [3.8, 4) is 0 Å². The van der Waals surface area contributed by atoms with Crippen molar-refractivity contribution in [2.45, 2.75) is 36.6 Å². The summed E-state index contributed by atoms with van der Waals surface area (Å²) in [6.45, 7) is 2.93. The Morgan fingerprint density at radius 3 is 2.39 bits per heavy atom. The van der Waals surface area contributed by atoms with Crippen molar-refractivity contribution in [2.24, 2.45) is 0 Å². The van der Waals surface area contributed by atoms with Crippen molar-refractivity contribution in [3.63, 3.8) is 0 Å². The van der Waals surface area contributed by atoms with Crippen LogP contribution in [0.5, 0.6) is 0 Å². The van der Waals surface area contributed by atoms with E-state index in [0.29, 0.717) is 18.0 Å². The van der Waals surface area contributed by atoms with Crippen LogP contribution in [0, 0.1) is 0 Å². The van der Waals surface area contributed by atoms with Crippen molar-refractivity contribution < 1.29 is 13.2 Å². The van der Waals surface area contributed by atoms with Gasteiger partial charge >= 0.3 is 0 Å². The van der Waals surface area contributed by atoms with E-state index < -0.39 is 10.0 Å². The van der Waals surface area contributed by atoms with Crippen LogP contribution in [0.15, 0.2) is 29.2 Å². The zero-order valence-electron chi connectivity index (χ0n) is 13.1. The van der Waals surface area contributed by atoms with Crippen LogP contribution < -0.4 is 10.2 Å². The molecule has 126 valence electrons. The maximum atomic E-state index is 12.5. The van der Waals surface area contributed by atoms with E-state index in [0.717, 1.165) is 50.9 Å². The first-order chi connectivity index (χ1) is 11.1. The number of nitrogens with one attached hydrogen (secondary N) is 1. The van der Waals surface area contributed by atoms with Gasteiger partial charge in [0.15, 0.2) is 0 Å². The SMILES string of the molecule is O=CNC1CCCN(c2ccc(S(=O)(=O)N3CCCC3)cc2)C1. The van der Waals surface area contributed by atoms with Gasteiger partial charge in [0.1, 0.15) is 0 Å². The van der Waals surface area contributed by atoms with E-state index in [1.807, 2.05) is 12.1 Å². The number of nitrogens with zero attached hydrogens (tertiary/aromatic N) is 2. The zero-order valence-corrected chi connectivity index (χ0v) is 14.0. The molecule has 0 aromatic heterocycles. The fourth-order valence-electron chi connectivity index (χ4n) is 3.35. The van der Waals surface area contributed by atoms with Gasteiger partial charge in [0.25, 0.3) is 0 Å². The minimum atomic E-state index is -3.35. The molecule has 0 spiro atoms. The second kappa shape index (κ2) is 6.88. The molecule has 7 heteroatoms. The Labute approximate surface area is 137 Å². The molecule has 1 amide bonds. The average Bonchev–Trinajstić information content (AvgIpc) is 3.11. The molecule has 2 aliphatic heterocycles. The first-order valence-corrected chi connectivity index (χ1v) is 9.60. The lowest BCUT2D eigenvalue weighted by Gasteiger charge is -2.34. The van der Waals surface area contributed by atoms with Crippen LogP contribution in [-0.4, -0.2) is 51.4 Å². The number of carbonyl (C=O) groups excluding carboxylic acids is 1. The highest BCUT2D eigenvalue weighted by Gasteiger charge is 2.27. The molecule has 1 aromatic rings. The maximum Gasteiger partial charge on any atom is 0.243 e. The molecule has 1 unspecified atom stereocenters. The quantitative estimate of drug-likeness (QED) is 0.820. The van der Waals surface area contributed by atoms with Crippen LogP contribution in [0.3, 0.4) is 0 Å². The summed E-state index contributed by atoms with van der Waals surface area (Å²) in [5, 5.41) is 2.83. The molecule has 23 heavy (non-hydrogen) atoms. The lowest BCUT2D eigenvalue weighted by molar-refractivity contribution is -0.110. The van der Waals surface area contributed by atoms with Gasteiger partial charge in [0.2, 0.25) is 16.4 Å². The molecular weight excluding hydrogens is 314 g/mol. The number of piperidine rings is 1. The Hall–Kier alpha value is -1.60. The van der Waals surface area contributed by atoms with Gasteiger partial charge in [-0.3, -0.25) is 4.79 Å². The fraction of sp³-hybridized carbons (Fsp3) is 0.562. The molecule has 3 rings (SSSR count).